The molecule has 0 aliphatic rings. The molecule has 0 fully saturated rings. The fourth-order valence-electron chi connectivity index (χ4n) is 1.94. The van der Waals surface area contributed by atoms with Gasteiger partial charge in [-0.3, -0.25) is 20.2 Å². The molecule has 0 saturated heterocycles. The van der Waals surface area contributed by atoms with Crippen LogP contribution in [-0.4, -0.2) is 28.5 Å². The molecule has 1 atom stereocenters. The maximum absolute atomic E-state index is 12.8. The Labute approximate surface area is 151 Å². The molecule has 27 heavy (non-hydrogen) atoms. The van der Waals surface area contributed by atoms with Crippen LogP contribution in [0.15, 0.2) is 42.5 Å². The third kappa shape index (κ3) is 5.23. The lowest BCUT2D eigenvalue weighted by Crippen LogP contribution is -2.23. The Morgan fingerprint density at radius 3 is 2.15 bits per heavy atom. The van der Waals surface area contributed by atoms with Crippen molar-refractivity contribution in [3.8, 4) is 18.1 Å². The van der Waals surface area contributed by atoms with Crippen LogP contribution >= 0.6 is 0 Å². The SMILES string of the molecule is C#C[C@@H](COc1ccc(F)cc1)OC(=O)c1cc([N+](=O)[O-])cc([N+](=O)[O-])c1. The number of ether oxygens (including phenoxy) is 2. The highest BCUT2D eigenvalue weighted by Gasteiger charge is 2.22. The van der Waals surface area contributed by atoms with Crippen LogP contribution in [0.3, 0.4) is 0 Å². The second-order valence-electron chi connectivity index (χ2n) is 5.08. The molecular weight excluding hydrogens is 363 g/mol. The topological polar surface area (TPSA) is 122 Å². The summed E-state index contributed by atoms with van der Waals surface area (Å²) in [5, 5.41) is 21.7. The van der Waals surface area contributed by atoms with Gasteiger partial charge < -0.3 is 9.47 Å². The molecule has 0 aliphatic carbocycles. The van der Waals surface area contributed by atoms with Crippen molar-refractivity contribution in [1.82, 2.24) is 0 Å². The standard InChI is InChI=1S/C17H11FN2O7/c1-2-15(10-26-16-5-3-12(18)4-6-16)27-17(21)11-7-13(19(22)23)9-14(8-11)20(24)25/h1,3-9,15H,10H2/t15-/m0/s1. The third-order valence-electron chi connectivity index (χ3n) is 3.21. The van der Waals surface area contributed by atoms with Gasteiger partial charge in [-0.25, -0.2) is 9.18 Å². The zero-order valence-corrected chi connectivity index (χ0v) is 13.5. The summed E-state index contributed by atoms with van der Waals surface area (Å²) in [6, 6.07) is 7.40. The predicted octanol–water partition coefficient (Wildman–Crippen LogP) is 2.88. The van der Waals surface area contributed by atoms with Gasteiger partial charge >= 0.3 is 5.97 Å². The Kier molecular flexibility index (Phi) is 6.01. The molecule has 0 amide bonds. The summed E-state index contributed by atoms with van der Waals surface area (Å²) in [5.41, 5.74) is -1.69. The fraction of sp³-hybridized carbons (Fsp3) is 0.118. The van der Waals surface area contributed by atoms with Crippen molar-refractivity contribution in [2.45, 2.75) is 6.10 Å². The highest BCUT2D eigenvalue weighted by Crippen LogP contribution is 2.23. The minimum atomic E-state index is -1.18. The van der Waals surface area contributed by atoms with Crippen LogP contribution < -0.4 is 4.74 Å². The molecule has 2 aromatic carbocycles. The molecular formula is C17H11FN2O7. The van der Waals surface area contributed by atoms with E-state index in [1.807, 2.05) is 0 Å². The predicted molar refractivity (Wildman–Crippen MR) is 89.7 cm³/mol. The van der Waals surface area contributed by atoms with Crippen molar-refractivity contribution < 1.29 is 28.5 Å². The van der Waals surface area contributed by atoms with E-state index in [-0.39, 0.29) is 12.4 Å². The van der Waals surface area contributed by atoms with Crippen LogP contribution in [-0.2, 0) is 4.74 Å². The molecule has 0 spiro atoms. The van der Waals surface area contributed by atoms with E-state index < -0.39 is 44.7 Å². The van der Waals surface area contributed by atoms with Gasteiger partial charge in [-0.15, -0.1) is 6.42 Å². The summed E-state index contributed by atoms with van der Waals surface area (Å²) in [4.78, 5) is 32.1. The molecule has 10 heteroatoms. The summed E-state index contributed by atoms with van der Waals surface area (Å²) < 4.78 is 23.1. The number of carbonyl (C=O) groups excluding carboxylic acids is 1. The van der Waals surface area contributed by atoms with Gasteiger partial charge in [0.2, 0.25) is 0 Å². The first-order valence-corrected chi connectivity index (χ1v) is 7.29. The van der Waals surface area contributed by atoms with Crippen LogP contribution in [0.4, 0.5) is 15.8 Å². The number of esters is 1. The maximum atomic E-state index is 12.8. The Morgan fingerprint density at radius 2 is 1.67 bits per heavy atom. The van der Waals surface area contributed by atoms with Gasteiger partial charge in [-0.2, -0.15) is 0 Å². The van der Waals surface area contributed by atoms with Gasteiger partial charge in [-0.1, -0.05) is 5.92 Å². The fourth-order valence-corrected chi connectivity index (χ4v) is 1.94. The molecule has 0 N–H and O–H groups in total. The molecule has 0 aromatic heterocycles. The maximum Gasteiger partial charge on any atom is 0.340 e. The molecule has 0 saturated carbocycles. The number of nitrogens with zero attached hydrogens (tertiary/aromatic N) is 2. The van der Waals surface area contributed by atoms with Gasteiger partial charge in [0.05, 0.1) is 21.5 Å². The van der Waals surface area contributed by atoms with Crippen molar-refractivity contribution in [2.24, 2.45) is 0 Å². The Morgan fingerprint density at radius 1 is 1.11 bits per heavy atom. The second-order valence-corrected chi connectivity index (χ2v) is 5.08. The molecule has 0 heterocycles. The smallest absolute Gasteiger partial charge is 0.340 e. The first-order valence-electron chi connectivity index (χ1n) is 7.29. The highest BCUT2D eigenvalue weighted by atomic mass is 19.1. The molecule has 0 unspecified atom stereocenters. The summed E-state index contributed by atoms with van der Waals surface area (Å²) in [7, 11) is 0. The van der Waals surface area contributed by atoms with Crippen LogP contribution in [0.1, 0.15) is 10.4 Å². The number of nitro groups is 2. The number of non-ortho nitro benzene ring substituents is 2. The number of rotatable bonds is 7. The van der Waals surface area contributed by atoms with Crippen LogP contribution in [0.5, 0.6) is 5.75 Å². The number of benzene rings is 2. The number of carbonyl (C=O) groups is 1. The number of hydrogen-bond donors (Lipinski definition) is 0. The number of terminal acetylenes is 1. The molecule has 0 radical (unpaired) electrons. The van der Waals surface area contributed by atoms with Gasteiger partial charge in [0.15, 0.2) is 6.10 Å². The zero-order valence-electron chi connectivity index (χ0n) is 13.5. The zero-order chi connectivity index (χ0) is 20.0. The van der Waals surface area contributed by atoms with Gasteiger partial charge in [0.1, 0.15) is 18.2 Å². The summed E-state index contributed by atoms with van der Waals surface area (Å²) >= 11 is 0. The molecule has 2 aromatic rings. The lowest BCUT2D eigenvalue weighted by Gasteiger charge is -2.13. The normalized spacial score (nSPS) is 11.1. The Balaban J connectivity index is 2.11. The van der Waals surface area contributed by atoms with Crippen LogP contribution in [0.2, 0.25) is 0 Å². The minimum absolute atomic E-state index is 0.273. The first kappa shape index (κ1) is 19.3. The molecule has 2 rings (SSSR count). The average Bonchev–Trinajstić information content (AvgIpc) is 2.65. The van der Waals surface area contributed by atoms with E-state index in [2.05, 4.69) is 5.92 Å². The molecule has 0 bridgehead atoms. The number of hydrogen-bond acceptors (Lipinski definition) is 7. The average molecular weight is 374 g/mol. The van der Waals surface area contributed by atoms with Gasteiger partial charge in [0.25, 0.3) is 11.4 Å². The van der Waals surface area contributed by atoms with Gasteiger partial charge in [-0.05, 0) is 24.3 Å². The second kappa shape index (κ2) is 8.39. The monoisotopic (exact) mass is 374 g/mol. The minimum Gasteiger partial charge on any atom is -0.489 e. The van der Waals surface area contributed by atoms with Gasteiger partial charge in [0, 0.05) is 12.1 Å². The van der Waals surface area contributed by atoms with Crippen LogP contribution in [0.25, 0.3) is 0 Å². The number of nitro benzene ring substituents is 2. The van der Waals surface area contributed by atoms with Crippen molar-refractivity contribution in [2.75, 3.05) is 6.61 Å². The summed E-state index contributed by atoms with van der Waals surface area (Å²) in [5.74, 6) is 0.872. The molecule has 0 aliphatic heterocycles. The molecule has 9 nitrogen and oxygen atoms in total. The van der Waals surface area contributed by atoms with Crippen molar-refractivity contribution in [3.05, 3.63) is 74.1 Å². The van der Waals surface area contributed by atoms with E-state index in [1.54, 1.807) is 0 Å². The largest absolute Gasteiger partial charge is 0.489 e. The van der Waals surface area contributed by atoms with E-state index in [1.165, 1.54) is 12.1 Å². The molecule has 138 valence electrons. The summed E-state index contributed by atoms with van der Waals surface area (Å²) in [6.45, 7) is -0.273. The van der Waals surface area contributed by atoms with E-state index >= 15 is 0 Å². The summed E-state index contributed by atoms with van der Waals surface area (Å²) in [6.07, 6.45) is 4.08. The lowest BCUT2D eigenvalue weighted by molar-refractivity contribution is -0.394. The highest BCUT2D eigenvalue weighted by molar-refractivity contribution is 5.91. The van der Waals surface area contributed by atoms with Crippen molar-refractivity contribution >= 4 is 17.3 Å². The van der Waals surface area contributed by atoms with E-state index in [4.69, 9.17) is 15.9 Å². The van der Waals surface area contributed by atoms with Crippen LogP contribution in [0, 0.1) is 38.4 Å². The van der Waals surface area contributed by atoms with Crippen molar-refractivity contribution in [1.29, 1.82) is 0 Å². The Bertz CT molecular complexity index is 890. The lowest BCUT2D eigenvalue weighted by atomic mass is 10.1. The van der Waals surface area contributed by atoms with E-state index in [9.17, 15) is 29.4 Å². The van der Waals surface area contributed by atoms with E-state index in [0.717, 1.165) is 24.3 Å². The third-order valence-corrected chi connectivity index (χ3v) is 3.21. The quantitative estimate of drug-likeness (QED) is 0.316. The van der Waals surface area contributed by atoms with E-state index in [0.29, 0.717) is 6.07 Å². The first-order chi connectivity index (χ1) is 12.8. The number of halogens is 1. The van der Waals surface area contributed by atoms with Crippen molar-refractivity contribution in [3.63, 3.8) is 0 Å². The Hall–Kier alpha value is -4.00.